The first-order valence-electron chi connectivity index (χ1n) is 10.5. The summed E-state index contributed by atoms with van der Waals surface area (Å²) >= 11 is 0. The second-order valence-corrected chi connectivity index (χ2v) is 6.96. The maximum Gasteiger partial charge on any atom is 0.279 e. The summed E-state index contributed by atoms with van der Waals surface area (Å²) in [5.74, 6) is -0.128. The van der Waals surface area contributed by atoms with E-state index in [-0.39, 0.29) is 5.75 Å². The number of carbonyl (C=O) groups excluding carboxylic acids is 2. The van der Waals surface area contributed by atoms with Crippen LogP contribution in [0.25, 0.3) is 6.08 Å². The molecule has 0 aliphatic heterocycles. The second-order valence-electron chi connectivity index (χ2n) is 6.96. The number of pyridine rings is 1. The van der Waals surface area contributed by atoms with Gasteiger partial charge in [-0.25, -0.2) is 4.39 Å². The van der Waals surface area contributed by atoms with Crippen LogP contribution < -0.4 is 25.1 Å². The first-order chi connectivity index (χ1) is 16.4. The zero-order valence-corrected chi connectivity index (χ0v) is 18.7. The van der Waals surface area contributed by atoms with Crippen LogP contribution in [0.15, 0.2) is 73.1 Å². The molecule has 34 heavy (non-hydrogen) atoms. The molecule has 3 rings (SSSR count). The molecule has 0 saturated heterocycles. The molecule has 2 aromatic carbocycles. The van der Waals surface area contributed by atoms with Crippen LogP contribution in [0, 0.1) is 5.82 Å². The Balaban J connectivity index is 1.46. The van der Waals surface area contributed by atoms with Crippen LogP contribution in [0.3, 0.4) is 0 Å². The Hall–Kier alpha value is -4.40. The van der Waals surface area contributed by atoms with Crippen LogP contribution in [0.4, 0.5) is 4.39 Å². The Morgan fingerprint density at radius 1 is 1.06 bits per heavy atom. The number of benzene rings is 2. The third-order valence-corrected chi connectivity index (χ3v) is 4.37. The summed E-state index contributed by atoms with van der Waals surface area (Å²) in [6.45, 7) is 3.98. The summed E-state index contributed by atoms with van der Waals surface area (Å²) in [6.07, 6.45) is 4.76. The fourth-order valence-electron chi connectivity index (χ4n) is 2.72. The Morgan fingerprint density at radius 2 is 1.82 bits per heavy atom. The van der Waals surface area contributed by atoms with Crippen LogP contribution in [-0.2, 0) is 9.59 Å². The number of halogens is 1. The van der Waals surface area contributed by atoms with E-state index in [4.69, 9.17) is 14.2 Å². The summed E-state index contributed by atoms with van der Waals surface area (Å²) in [5.41, 5.74) is 4.97. The normalized spacial score (nSPS) is 11.5. The molecule has 176 valence electrons. The summed E-state index contributed by atoms with van der Waals surface area (Å²) in [4.78, 5) is 28.1. The minimum Gasteiger partial charge on any atom is -0.494 e. The monoisotopic (exact) mass is 465 g/mol. The Kier molecular flexibility index (Phi) is 8.56. The van der Waals surface area contributed by atoms with Gasteiger partial charge >= 0.3 is 0 Å². The van der Waals surface area contributed by atoms with Gasteiger partial charge in [-0.3, -0.25) is 25.4 Å². The third-order valence-electron chi connectivity index (χ3n) is 4.37. The largest absolute Gasteiger partial charge is 0.494 e. The fraction of sp³-hybridized carbons (Fsp3) is 0.160. The summed E-state index contributed by atoms with van der Waals surface area (Å²) in [7, 11) is 0. The molecule has 3 aromatic rings. The van der Waals surface area contributed by atoms with Gasteiger partial charge in [-0.05, 0) is 74.0 Å². The van der Waals surface area contributed by atoms with Crippen molar-refractivity contribution in [3.63, 3.8) is 0 Å². The molecule has 0 fully saturated rings. The SMILES string of the molecule is CCOc1ccc(OC(C)C(=O)NNC(=O)/C=C/c2ccc(Oc3cccnc3)c(F)c2)cc1. The van der Waals surface area contributed by atoms with E-state index in [1.165, 1.54) is 24.4 Å². The average Bonchev–Trinajstić information content (AvgIpc) is 2.84. The first kappa shape index (κ1) is 24.2. The van der Waals surface area contributed by atoms with Gasteiger partial charge in [0, 0.05) is 12.3 Å². The number of hydrogen-bond acceptors (Lipinski definition) is 6. The number of amides is 2. The highest BCUT2D eigenvalue weighted by atomic mass is 19.1. The van der Waals surface area contributed by atoms with Crippen molar-refractivity contribution in [1.29, 1.82) is 0 Å². The average molecular weight is 465 g/mol. The van der Waals surface area contributed by atoms with Gasteiger partial charge in [0.05, 0.1) is 12.8 Å². The molecule has 0 saturated carbocycles. The minimum absolute atomic E-state index is 0.0309. The van der Waals surface area contributed by atoms with E-state index in [2.05, 4.69) is 15.8 Å². The van der Waals surface area contributed by atoms with Crippen LogP contribution in [-0.4, -0.2) is 29.5 Å². The quantitative estimate of drug-likeness (QED) is 0.366. The highest BCUT2D eigenvalue weighted by Crippen LogP contribution is 2.25. The number of hydrogen-bond donors (Lipinski definition) is 2. The zero-order chi connectivity index (χ0) is 24.3. The van der Waals surface area contributed by atoms with Crippen molar-refractivity contribution in [2.75, 3.05) is 6.61 Å². The second kappa shape index (κ2) is 12.0. The first-order valence-corrected chi connectivity index (χ1v) is 10.5. The predicted molar refractivity (Wildman–Crippen MR) is 124 cm³/mol. The Morgan fingerprint density at radius 3 is 2.50 bits per heavy atom. The number of ether oxygens (including phenoxy) is 3. The third kappa shape index (κ3) is 7.33. The van der Waals surface area contributed by atoms with Gasteiger partial charge in [-0.2, -0.15) is 0 Å². The van der Waals surface area contributed by atoms with E-state index >= 15 is 0 Å². The lowest BCUT2D eigenvalue weighted by Crippen LogP contribution is -2.46. The van der Waals surface area contributed by atoms with E-state index in [1.807, 2.05) is 6.92 Å². The lowest BCUT2D eigenvalue weighted by Gasteiger charge is -2.15. The predicted octanol–water partition coefficient (Wildman–Crippen LogP) is 4.04. The molecule has 0 aliphatic carbocycles. The molecule has 0 aliphatic rings. The number of nitrogens with zero attached hydrogens (tertiary/aromatic N) is 1. The standard InChI is InChI=1S/C25H24FN3O5/c1-3-32-19-8-10-20(11-9-19)33-17(2)25(31)29-28-24(30)13-7-18-6-12-23(22(26)15-18)34-21-5-4-14-27-16-21/h4-17H,3H2,1-2H3,(H,28,30)(H,29,31)/b13-7+. The molecule has 0 bridgehead atoms. The van der Waals surface area contributed by atoms with Crippen molar-refractivity contribution < 1.29 is 28.2 Å². The van der Waals surface area contributed by atoms with Crippen LogP contribution >= 0.6 is 0 Å². The number of nitrogens with one attached hydrogen (secondary N) is 2. The van der Waals surface area contributed by atoms with E-state index in [9.17, 15) is 14.0 Å². The topological polar surface area (TPSA) is 98.8 Å². The molecule has 2 amide bonds. The lowest BCUT2D eigenvalue weighted by molar-refractivity contribution is -0.131. The van der Waals surface area contributed by atoms with Crippen LogP contribution in [0.5, 0.6) is 23.0 Å². The number of hydrazine groups is 1. The van der Waals surface area contributed by atoms with E-state index in [0.717, 1.165) is 6.08 Å². The smallest absolute Gasteiger partial charge is 0.279 e. The minimum atomic E-state index is -0.858. The van der Waals surface area contributed by atoms with Gasteiger partial charge in [0.15, 0.2) is 17.7 Å². The van der Waals surface area contributed by atoms with Crippen molar-refractivity contribution in [1.82, 2.24) is 15.8 Å². The van der Waals surface area contributed by atoms with Gasteiger partial charge in [0.25, 0.3) is 11.8 Å². The van der Waals surface area contributed by atoms with E-state index in [1.54, 1.807) is 55.6 Å². The molecule has 1 atom stereocenters. The van der Waals surface area contributed by atoms with Gasteiger partial charge < -0.3 is 14.2 Å². The highest BCUT2D eigenvalue weighted by Gasteiger charge is 2.15. The molecule has 1 aromatic heterocycles. The van der Waals surface area contributed by atoms with Crippen molar-refractivity contribution >= 4 is 17.9 Å². The number of carbonyl (C=O) groups is 2. The molecule has 0 radical (unpaired) electrons. The molecule has 2 N–H and O–H groups in total. The van der Waals surface area contributed by atoms with E-state index < -0.39 is 23.7 Å². The van der Waals surface area contributed by atoms with Crippen molar-refractivity contribution in [3.8, 4) is 23.0 Å². The number of rotatable bonds is 9. The van der Waals surface area contributed by atoms with Gasteiger partial charge in [-0.15, -0.1) is 0 Å². The van der Waals surface area contributed by atoms with Crippen molar-refractivity contribution in [2.24, 2.45) is 0 Å². The lowest BCUT2D eigenvalue weighted by atomic mass is 10.2. The molecule has 1 unspecified atom stereocenters. The maximum absolute atomic E-state index is 14.3. The van der Waals surface area contributed by atoms with Gasteiger partial charge in [0.1, 0.15) is 17.2 Å². The van der Waals surface area contributed by atoms with Crippen LogP contribution in [0.1, 0.15) is 19.4 Å². The van der Waals surface area contributed by atoms with Crippen LogP contribution in [0.2, 0.25) is 0 Å². The van der Waals surface area contributed by atoms with Crippen molar-refractivity contribution in [3.05, 3.63) is 84.4 Å². The molecule has 1 heterocycles. The Labute approximate surface area is 196 Å². The van der Waals surface area contributed by atoms with Crippen molar-refractivity contribution in [2.45, 2.75) is 20.0 Å². The zero-order valence-electron chi connectivity index (χ0n) is 18.7. The summed E-state index contributed by atoms with van der Waals surface area (Å²) in [5, 5.41) is 0. The van der Waals surface area contributed by atoms with Gasteiger partial charge in [-0.1, -0.05) is 6.07 Å². The van der Waals surface area contributed by atoms with E-state index in [0.29, 0.717) is 29.4 Å². The Bertz CT molecular complexity index is 1140. The van der Waals surface area contributed by atoms with Gasteiger partial charge in [0.2, 0.25) is 0 Å². The molecule has 8 nitrogen and oxygen atoms in total. The molecular formula is C25H24FN3O5. The summed E-state index contributed by atoms with van der Waals surface area (Å²) < 4.78 is 30.6. The molecule has 9 heteroatoms. The fourth-order valence-corrected chi connectivity index (χ4v) is 2.72. The molecule has 0 spiro atoms. The molecular weight excluding hydrogens is 441 g/mol. The highest BCUT2D eigenvalue weighted by molar-refractivity contribution is 5.93. The summed E-state index contributed by atoms with van der Waals surface area (Å²) in [6, 6.07) is 14.4. The maximum atomic E-state index is 14.3. The number of aromatic nitrogens is 1.